The van der Waals surface area contributed by atoms with E-state index in [9.17, 15) is 0 Å². The predicted octanol–water partition coefficient (Wildman–Crippen LogP) is 1.74. The van der Waals surface area contributed by atoms with Gasteiger partial charge in [-0.3, -0.25) is 4.90 Å². The number of nitrogen functional groups attached to an aromatic ring is 1. The van der Waals surface area contributed by atoms with Gasteiger partial charge < -0.3 is 5.43 Å². The van der Waals surface area contributed by atoms with Crippen LogP contribution < -0.4 is 11.3 Å². The van der Waals surface area contributed by atoms with E-state index in [2.05, 4.69) is 35.2 Å². The van der Waals surface area contributed by atoms with E-state index in [-0.39, 0.29) is 0 Å². The van der Waals surface area contributed by atoms with Gasteiger partial charge in [0.05, 0.1) is 5.69 Å². The minimum atomic E-state index is 0.299. The first-order valence-corrected chi connectivity index (χ1v) is 5.79. The van der Waals surface area contributed by atoms with Gasteiger partial charge in [-0.2, -0.15) is 0 Å². The van der Waals surface area contributed by atoms with Crippen LogP contribution in [0.3, 0.4) is 0 Å². The number of likely N-dealkylation sites (tertiary alicyclic amines) is 1. The molecule has 0 unspecified atom stereocenters. The van der Waals surface area contributed by atoms with Crippen LogP contribution in [0.25, 0.3) is 0 Å². The molecule has 0 aliphatic carbocycles. The number of pyridine rings is 1. The van der Waals surface area contributed by atoms with E-state index in [0.717, 1.165) is 24.6 Å². The fraction of sp³-hybridized carbons (Fsp3) is 0.583. The van der Waals surface area contributed by atoms with Gasteiger partial charge in [0.2, 0.25) is 0 Å². The van der Waals surface area contributed by atoms with E-state index in [4.69, 9.17) is 5.84 Å². The molecule has 0 saturated carbocycles. The first-order valence-electron chi connectivity index (χ1n) is 5.79. The highest BCUT2D eigenvalue weighted by Crippen LogP contribution is 2.29. The summed E-state index contributed by atoms with van der Waals surface area (Å²) in [6.07, 6.45) is 2.55. The Hall–Kier alpha value is -1.13. The summed E-state index contributed by atoms with van der Waals surface area (Å²) in [5.74, 6) is 6.09. The zero-order chi connectivity index (χ0) is 11.6. The predicted molar refractivity (Wildman–Crippen MR) is 65.8 cm³/mol. The lowest BCUT2D eigenvalue weighted by molar-refractivity contribution is 0.164. The summed E-state index contributed by atoms with van der Waals surface area (Å²) in [6, 6.07) is 5.91. The Morgan fingerprint density at radius 1 is 1.50 bits per heavy atom. The monoisotopic (exact) mass is 220 g/mol. The number of aromatic nitrogens is 1. The van der Waals surface area contributed by atoms with Gasteiger partial charge in [0.1, 0.15) is 5.82 Å². The number of hydrogen-bond acceptors (Lipinski definition) is 4. The van der Waals surface area contributed by atoms with E-state index >= 15 is 0 Å². The van der Waals surface area contributed by atoms with Crippen LogP contribution in [0.5, 0.6) is 0 Å². The van der Waals surface area contributed by atoms with Crippen molar-refractivity contribution in [3.05, 3.63) is 23.9 Å². The third-order valence-electron chi connectivity index (χ3n) is 3.38. The molecule has 4 heteroatoms. The van der Waals surface area contributed by atoms with Crippen molar-refractivity contribution in [1.82, 2.24) is 9.88 Å². The standard InChI is InChI=1S/C12H20N4/c1-12(2)7-4-8-16(12)9-10-5-3-6-11(14-10)15-13/h3,5-6H,4,7-9,13H2,1-2H3,(H,14,15). The lowest BCUT2D eigenvalue weighted by atomic mass is 10.0. The SMILES string of the molecule is CC1(C)CCCN1Cc1cccc(NN)n1. The molecule has 2 heterocycles. The molecule has 1 fully saturated rings. The molecule has 1 aromatic rings. The van der Waals surface area contributed by atoms with Gasteiger partial charge in [0.15, 0.2) is 0 Å². The van der Waals surface area contributed by atoms with Crippen LogP contribution in [0.1, 0.15) is 32.4 Å². The normalized spacial score (nSPS) is 19.9. The molecule has 0 bridgehead atoms. The van der Waals surface area contributed by atoms with Crippen molar-refractivity contribution in [3.8, 4) is 0 Å². The topological polar surface area (TPSA) is 54.2 Å². The summed E-state index contributed by atoms with van der Waals surface area (Å²) in [4.78, 5) is 6.92. The maximum Gasteiger partial charge on any atom is 0.140 e. The number of nitrogens with one attached hydrogen (secondary N) is 1. The van der Waals surface area contributed by atoms with Gasteiger partial charge in [0.25, 0.3) is 0 Å². The van der Waals surface area contributed by atoms with Crippen molar-refractivity contribution in [3.63, 3.8) is 0 Å². The third-order valence-corrected chi connectivity index (χ3v) is 3.38. The number of nitrogens with two attached hydrogens (primary N) is 1. The Kier molecular flexibility index (Phi) is 3.12. The van der Waals surface area contributed by atoms with Crippen LogP contribution >= 0.6 is 0 Å². The lowest BCUT2D eigenvalue weighted by Crippen LogP contribution is -2.37. The molecule has 1 saturated heterocycles. The summed E-state index contributed by atoms with van der Waals surface area (Å²) >= 11 is 0. The van der Waals surface area contributed by atoms with Crippen LogP contribution in [0.2, 0.25) is 0 Å². The van der Waals surface area contributed by atoms with E-state index in [1.807, 2.05) is 12.1 Å². The minimum absolute atomic E-state index is 0.299. The fourth-order valence-electron chi connectivity index (χ4n) is 2.30. The highest BCUT2D eigenvalue weighted by Gasteiger charge is 2.31. The van der Waals surface area contributed by atoms with E-state index in [1.54, 1.807) is 0 Å². The molecule has 16 heavy (non-hydrogen) atoms. The van der Waals surface area contributed by atoms with Crippen molar-refractivity contribution >= 4 is 5.82 Å². The second-order valence-corrected chi connectivity index (χ2v) is 5.00. The van der Waals surface area contributed by atoms with Crippen molar-refractivity contribution in [2.45, 2.75) is 38.8 Å². The molecule has 0 amide bonds. The number of hydrazine groups is 1. The molecule has 88 valence electrons. The summed E-state index contributed by atoms with van der Waals surface area (Å²) < 4.78 is 0. The molecular formula is C12H20N4. The first-order chi connectivity index (χ1) is 7.62. The molecular weight excluding hydrogens is 200 g/mol. The van der Waals surface area contributed by atoms with Crippen LogP contribution in [-0.4, -0.2) is 22.0 Å². The quantitative estimate of drug-likeness (QED) is 0.602. The summed E-state index contributed by atoms with van der Waals surface area (Å²) in [7, 11) is 0. The average molecular weight is 220 g/mol. The molecule has 0 atom stereocenters. The van der Waals surface area contributed by atoms with Crippen LogP contribution in [0.15, 0.2) is 18.2 Å². The smallest absolute Gasteiger partial charge is 0.140 e. The van der Waals surface area contributed by atoms with Gasteiger partial charge in [-0.05, 0) is 45.4 Å². The lowest BCUT2D eigenvalue weighted by Gasteiger charge is -2.31. The van der Waals surface area contributed by atoms with Crippen molar-refractivity contribution in [1.29, 1.82) is 0 Å². The number of rotatable bonds is 3. The number of anilines is 1. The summed E-state index contributed by atoms with van der Waals surface area (Å²) in [6.45, 7) is 6.66. The Bertz CT molecular complexity index is 362. The molecule has 2 rings (SSSR count). The molecule has 0 aromatic carbocycles. The Labute approximate surface area is 96.8 Å². The van der Waals surface area contributed by atoms with Gasteiger partial charge in [-0.25, -0.2) is 10.8 Å². The Balaban J connectivity index is 2.08. The van der Waals surface area contributed by atoms with Crippen LogP contribution in [-0.2, 0) is 6.54 Å². The Morgan fingerprint density at radius 2 is 2.31 bits per heavy atom. The molecule has 3 N–H and O–H groups in total. The molecule has 1 aliphatic heterocycles. The maximum absolute atomic E-state index is 5.35. The van der Waals surface area contributed by atoms with Crippen LogP contribution in [0, 0.1) is 0 Å². The van der Waals surface area contributed by atoms with Gasteiger partial charge in [-0.15, -0.1) is 0 Å². The number of nitrogens with zero attached hydrogens (tertiary/aromatic N) is 2. The van der Waals surface area contributed by atoms with E-state index in [1.165, 1.54) is 12.8 Å². The van der Waals surface area contributed by atoms with Gasteiger partial charge in [0, 0.05) is 12.1 Å². The summed E-state index contributed by atoms with van der Waals surface area (Å²) in [5, 5.41) is 0. The van der Waals surface area contributed by atoms with E-state index in [0.29, 0.717) is 5.54 Å². The van der Waals surface area contributed by atoms with E-state index < -0.39 is 0 Å². The maximum atomic E-state index is 5.35. The van der Waals surface area contributed by atoms with Crippen molar-refractivity contribution in [2.24, 2.45) is 5.84 Å². The molecule has 1 aliphatic rings. The highest BCUT2D eigenvalue weighted by atomic mass is 15.3. The first kappa shape index (κ1) is 11.4. The largest absolute Gasteiger partial charge is 0.308 e. The van der Waals surface area contributed by atoms with Crippen LogP contribution in [0.4, 0.5) is 5.82 Å². The molecule has 4 nitrogen and oxygen atoms in total. The summed E-state index contributed by atoms with van der Waals surface area (Å²) in [5.41, 5.74) is 3.96. The zero-order valence-electron chi connectivity index (χ0n) is 10.0. The minimum Gasteiger partial charge on any atom is -0.308 e. The average Bonchev–Trinajstić information content (AvgIpc) is 2.59. The Morgan fingerprint density at radius 3 is 2.94 bits per heavy atom. The second-order valence-electron chi connectivity index (χ2n) is 5.00. The molecule has 0 radical (unpaired) electrons. The van der Waals surface area contributed by atoms with Crippen molar-refractivity contribution in [2.75, 3.05) is 12.0 Å². The fourth-order valence-corrected chi connectivity index (χ4v) is 2.30. The highest BCUT2D eigenvalue weighted by molar-refractivity contribution is 5.33. The van der Waals surface area contributed by atoms with Gasteiger partial charge in [-0.1, -0.05) is 6.07 Å². The third kappa shape index (κ3) is 2.33. The number of hydrogen-bond donors (Lipinski definition) is 2. The second kappa shape index (κ2) is 4.39. The molecule has 1 aromatic heterocycles. The van der Waals surface area contributed by atoms with Crippen molar-refractivity contribution < 1.29 is 0 Å². The zero-order valence-corrected chi connectivity index (χ0v) is 10.0. The molecule has 0 spiro atoms. The van der Waals surface area contributed by atoms with Gasteiger partial charge >= 0.3 is 0 Å².